The van der Waals surface area contributed by atoms with Crippen LogP contribution < -0.4 is 21.3 Å². The smallest absolute Gasteiger partial charge is 0.295 e. The van der Waals surface area contributed by atoms with Gasteiger partial charge in [0, 0.05) is 12.6 Å². The first-order valence-corrected chi connectivity index (χ1v) is 5.66. The molecular weight excluding hydrogens is 220 g/mol. The Labute approximate surface area is 101 Å². The quantitative estimate of drug-likeness (QED) is 0.675. The minimum atomic E-state index is -0.301. The summed E-state index contributed by atoms with van der Waals surface area (Å²) in [6, 6.07) is 0.0817. The first kappa shape index (κ1) is 13.5. The van der Waals surface area contributed by atoms with Crippen LogP contribution in [0.15, 0.2) is 11.1 Å². The van der Waals surface area contributed by atoms with Crippen LogP contribution in [-0.2, 0) is 0 Å². The molecular formula is C11H20N4O2. The number of rotatable bonds is 6. The number of aromatic amines is 1. The van der Waals surface area contributed by atoms with Crippen molar-refractivity contribution in [3.05, 3.63) is 16.7 Å². The van der Waals surface area contributed by atoms with Crippen LogP contribution in [0.25, 0.3) is 0 Å². The highest BCUT2D eigenvalue weighted by molar-refractivity contribution is 5.48. The molecule has 0 radical (unpaired) electrons. The van der Waals surface area contributed by atoms with Crippen LogP contribution in [0.5, 0.6) is 5.75 Å². The zero-order valence-corrected chi connectivity index (χ0v) is 10.5. The molecule has 1 aromatic heterocycles. The Hall–Kier alpha value is -1.56. The monoisotopic (exact) mass is 240 g/mol. The maximum absolute atomic E-state index is 11.5. The Morgan fingerprint density at radius 2 is 2.29 bits per heavy atom. The summed E-state index contributed by atoms with van der Waals surface area (Å²) < 4.78 is 5.02. The summed E-state index contributed by atoms with van der Waals surface area (Å²) in [6.45, 7) is 4.72. The summed E-state index contributed by atoms with van der Waals surface area (Å²) in [5.74, 6) is 1.14. The fraction of sp³-hybridized carbons (Fsp3) is 0.636. The van der Waals surface area contributed by atoms with E-state index in [9.17, 15) is 4.79 Å². The lowest BCUT2D eigenvalue weighted by atomic mass is 10.0. The molecule has 0 bridgehead atoms. The number of methoxy groups -OCH3 is 1. The number of anilines is 1. The zero-order valence-electron chi connectivity index (χ0n) is 10.5. The van der Waals surface area contributed by atoms with Gasteiger partial charge in [0.05, 0.1) is 13.4 Å². The minimum Gasteiger partial charge on any atom is -0.489 e. The molecule has 0 spiro atoms. The van der Waals surface area contributed by atoms with Crippen molar-refractivity contribution in [3.63, 3.8) is 0 Å². The van der Waals surface area contributed by atoms with Crippen molar-refractivity contribution in [2.75, 3.05) is 19.0 Å². The molecule has 0 amide bonds. The molecule has 6 nitrogen and oxygen atoms in total. The molecule has 1 atom stereocenters. The summed E-state index contributed by atoms with van der Waals surface area (Å²) in [5.41, 5.74) is 5.38. The molecule has 96 valence electrons. The highest BCUT2D eigenvalue weighted by atomic mass is 16.5. The maximum atomic E-state index is 11.5. The number of H-pyrrole nitrogens is 1. The van der Waals surface area contributed by atoms with Crippen molar-refractivity contribution in [1.29, 1.82) is 0 Å². The standard InChI is InChI=1S/C11H20N4O2/c1-7(2)4-8(5-12)15-10-9(17-3)11(16)14-6-13-10/h6-8H,4-5,12H2,1-3H3,(H2,13,14,15,16). The van der Waals surface area contributed by atoms with Crippen LogP contribution in [0.4, 0.5) is 5.82 Å². The second-order valence-corrected chi connectivity index (χ2v) is 4.32. The molecule has 0 aliphatic heterocycles. The van der Waals surface area contributed by atoms with Crippen LogP contribution in [0.1, 0.15) is 20.3 Å². The fourth-order valence-electron chi connectivity index (χ4n) is 1.66. The molecule has 4 N–H and O–H groups in total. The van der Waals surface area contributed by atoms with Crippen LogP contribution in [-0.4, -0.2) is 29.7 Å². The maximum Gasteiger partial charge on any atom is 0.295 e. The van der Waals surface area contributed by atoms with Gasteiger partial charge in [0.1, 0.15) is 0 Å². The van der Waals surface area contributed by atoms with Gasteiger partial charge in [-0.25, -0.2) is 4.98 Å². The van der Waals surface area contributed by atoms with Gasteiger partial charge in [0.15, 0.2) is 5.82 Å². The van der Waals surface area contributed by atoms with Crippen molar-refractivity contribution in [2.24, 2.45) is 11.7 Å². The first-order chi connectivity index (χ1) is 8.08. The summed E-state index contributed by atoms with van der Waals surface area (Å²) in [5, 5.41) is 3.14. The second kappa shape index (κ2) is 6.24. The van der Waals surface area contributed by atoms with E-state index in [1.807, 2.05) is 0 Å². The largest absolute Gasteiger partial charge is 0.489 e. The lowest BCUT2D eigenvalue weighted by Crippen LogP contribution is -2.31. The van der Waals surface area contributed by atoms with Gasteiger partial charge in [0.2, 0.25) is 5.75 Å². The number of nitrogens with zero attached hydrogens (tertiary/aromatic N) is 1. The van der Waals surface area contributed by atoms with Gasteiger partial charge in [-0.2, -0.15) is 0 Å². The lowest BCUT2D eigenvalue weighted by molar-refractivity contribution is 0.406. The normalized spacial score (nSPS) is 12.5. The number of nitrogens with one attached hydrogen (secondary N) is 2. The van der Waals surface area contributed by atoms with Gasteiger partial charge >= 0.3 is 0 Å². The average molecular weight is 240 g/mol. The van der Waals surface area contributed by atoms with Crippen molar-refractivity contribution in [2.45, 2.75) is 26.3 Å². The van der Waals surface area contributed by atoms with Gasteiger partial charge in [-0.05, 0) is 12.3 Å². The van der Waals surface area contributed by atoms with Crippen molar-refractivity contribution < 1.29 is 4.74 Å². The minimum absolute atomic E-state index is 0.0817. The van der Waals surface area contributed by atoms with E-state index in [0.29, 0.717) is 18.3 Å². The molecule has 1 heterocycles. The van der Waals surface area contributed by atoms with Gasteiger partial charge < -0.3 is 20.8 Å². The van der Waals surface area contributed by atoms with Gasteiger partial charge in [-0.15, -0.1) is 0 Å². The second-order valence-electron chi connectivity index (χ2n) is 4.32. The van der Waals surface area contributed by atoms with E-state index >= 15 is 0 Å². The van der Waals surface area contributed by atoms with Gasteiger partial charge in [0.25, 0.3) is 5.56 Å². The first-order valence-electron chi connectivity index (χ1n) is 5.66. The molecule has 0 saturated carbocycles. The SMILES string of the molecule is COc1c(NC(CN)CC(C)C)nc[nH]c1=O. The van der Waals surface area contributed by atoms with Crippen molar-refractivity contribution >= 4 is 5.82 Å². The Kier molecular flexibility index (Phi) is 4.96. The number of nitrogens with two attached hydrogens (primary N) is 1. The summed E-state index contributed by atoms with van der Waals surface area (Å²) >= 11 is 0. The zero-order chi connectivity index (χ0) is 12.8. The number of aromatic nitrogens is 2. The lowest BCUT2D eigenvalue weighted by Gasteiger charge is -2.20. The van der Waals surface area contributed by atoms with Gasteiger partial charge in [-0.1, -0.05) is 13.8 Å². The molecule has 0 fully saturated rings. The molecule has 0 aromatic carbocycles. The van der Waals surface area contributed by atoms with E-state index in [0.717, 1.165) is 6.42 Å². The van der Waals surface area contributed by atoms with Crippen molar-refractivity contribution in [1.82, 2.24) is 9.97 Å². The molecule has 1 unspecified atom stereocenters. The van der Waals surface area contributed by atoms with E-state index in [2.05, 4.69) is 29.1 Å². The van der Waals surface area contributed by atoms with E-state index in [-0.39, 0.29) is 17.4 Å². The molecule has 6 heteroatoms. The molecule has 1 rings (SSSR count). The van der Waals surface area contributed by atoms with E-state index in [4.69, 9.17) is 10.5 Å². The summed E-state index contributed by atoms with van der Waals surface area (Å²) in [4.78, 5) is 18.0. The van der Waals surface area contributed by atoms with E-state index in [1.54, 1.807) is 0 Å². The van der Waals surface area contributed by atoms with Crippen molar-refractivity contribution in [3.8, 4) is 5.75 Å². The topological polar surface area (TPSA) is 93.0 Å². The molecule has 0 aliphatic carbocycles. The highest BCUT2D eigenvalue weighted by Gasteiger charge is 2.14. The summed E-state index contributed by atoms with van der Waals surface area (Å²) in [6.07, 6.45) is 2.25. The third-order valence-electron chi connectivity index (χ3n) is 2.40. The van der Waals surface area contributed by atoms with Crippen LogP contribution in [0.2, 0.25) is 0 Å². The number of hydrogen-bond donors (Lipinski definition) is 3. The Morgan fingerprint density at radius 1 is 1.59 bits per heavy atom. The third-order valence-corrected chi connectivity index (χ3v) is 2.40. The molecule has 0 aliphatic rings. The molecule has 17 heavy (non-hydrogen) atoms. The van der Waals surface area contributed by atoms with Crippen LogP contribution in [0.3, 0.4) is 0 Å². The number of hydrogen-bond acceptors (Lipinski definition) is 5. The predicted octanol–water partition coefficient (Wildman–Crippen LogP) is 0.564. The highest BCUT2D eigenvalue weighted by Crippen LogP contribution is 2.17. The average Bonchev–Trinajstić information content (AvgIpc) is 2.28. The predicted molar refractivity (Wildman–Crippen MR) is 67.3 cm³/mol. The summed E-state index contributed by atoms with van der Waals surface area (Å²) in [7, 11) is 1.44. The fourth-order valence-corrected chi connectivity index (χ4v) is 1.66. The van der Waals surface area contributed by atoms with Crippen LogP contribution in [0, 0.1) is 5.92 Å². The number of ether oxygens (including phenoxy) is 1. The van der Waals surface area contributed by atoms with E-state index in [1.165, 1.54) is 13.4 Å². The molecule has 0 saturated heterocycles. The van der Waals surface area contributed by atoms with Crippen LogP contribution >= 0.6 is 0 Å². The van der Waals surface area contributed by atoms with E-state index < -0.39 is 0 Å². The Balaban J connectivity index is 2.86. The molecule has 1 aromatic rings. The Bertz CT molecular complexity index is 403. The Morgan fingerprint density at radius 3 is 2.82 bits per heavy atom. The van der Waals surface area contributed by atoms with Gasteiger partial charge in [-0.3, -0.25) is 4.79 Å². The third kappa shape index (κ3) is 3.74.